The molecule has 0 aliphatic rings. The van der Waals surface area contributed by atoms with Crippen LogP contribution in [0.15, 0.2) is 0 Å². The number of nitriles is 1. The van der Waals surface area contributed by atoms with Crippen molar-refractivity contribution in [2.24, 2.45) is 5.73 Å². The highest BCUT2D eigenvalue weighted by Gasteiger charge is 2.05. The van der Waals surface area contributed by atoms with E-state index in [2.05, 4.69) is 11.4 Å². The van der Waals surface area contributed by atoms with Gasteiger partial charge in [-0.15, -0.1) is 0 Å². The van der Waals surface area contributed by atoms with Crippen molar-refractivity contribution >= 4 is 5.91 Å². The van der Waals surface area contributed by atoms with E-state index in [0.29, 0.717) is 6.42 Å². The molecule has 12 heavy (non-hydrogen) atoms. The Morgan fingerprint density at radius 1 is 1.67 bits per heavy atom. The zero-order chi connectivity index (χ0) is 9.40. The lowest BCUT2D eigenvalue weighted by molar-refractivity contribution is -0.119. The van der Waals surface area contributed by atoms with Crippen molar-refractivity contribution in [3.8, 4) is 6.07 Å². The van der Waals surface area contributed by atoms with Crippen LogP contribution in [-0.4, -0.2) is 18.5 Å². The summed E-state index contributed by atoms with van der Waals surface area (Å²) in [5.41, 5.74) is 5.02. The van der Waals surface area contributed by atoms with E-state index in [1.165, 1.54) is 0 Å². The predicted molar refractivity (Wildman–Crippen MR) is 46.1 cm³/mol. The van der Waals surface area contributed by atoms with Crippen LogP contribution in [-0.2, 0) is 4.79 Å². The van der Waals surface area contributed by atoms with Crippen molar-refractivity contribution < 1.29 is 4.79 Å². The van der Waals surface area contributed by atoms with E-state index in [9.17, 15) is 4.79 Å². The van der Waals surface area contributed by atoms with Gasteiger partial charge in [0.15, 0.2) is 0 Å². The number of primary amides is 1. The molecule has 0 bridgehead atoms. The van der Waals surface area contributed by atoms with Gasteiger partial charge in [0.2, 0.25) is 5.91 Å². The first-order valence-electron chi connectivity index (χ1n) is 4.08. The Kier molecular flexibility index (Phi) is 6.02. The monoisotopic (exact) mass is 169 g/mol. The predicted octanol–water partition coefficient (Wildman–Crippen LogP) is 0.144. The Bertz CT molecular complexity index is 174. The van der Waals surface area contributed by atoms with E-state index in [0.717, 1.165) is 19.4 Å². The van der Waals surface area contributed by atoms with Crippen molar-refractivity contribution in [1.29, 1.82) is 5.26 Å². The second-order valence-electron chi connectivity index (χ2n) is 2.69. The van der Waals surface area contributed by atoms with Crippen molar-refractivity contribution in [2.75, 3.05) is 6.54 Å². The maximum absolute atomic E-state index is 10.5. The summed E-state index contributed by atoms with van der Waals surface area (Å²) in [5.74, 6) is -0.338. The largest absolute Gasteiger partial charge is 0.368 e. The van der Waals surface area contributed by atoms with E-state index in [4.69, 9.17) is 11.0 Å². The zero-order valence-corrected chi connectivity index (χ0v) is 7.34. The van der Waals surface area contributed by atoms with Gasteiger partial charge >= 0.3 is 0 Å². The SMILES string of the molecule is CC(NCCCCC#N)C(N)=O. The summed E-state index contributed by atoms with van der Waals surface area (Å²) in [6, 6.07) is 1.79. The molecule has 1 unspecified atom stereocenters. The molecule has 0 aromatic heterocycles. The number of nitrogens with one attached hydrogen (secondary N) is 1. The molecule has 4 heteroatoms. The number of hydrogen-bond donors (Lipinski definition) is 2. The first kappa shape index (κ1) is 10.9. The van der Waals surface area contributed by atoms with Gasteiger partial charge in [-0.3, -0.25) is 4.79 Å². The lowest BCUT2D eigenvalue weighted by Gasteiger charge is -2.08. The number of carbonyl (C=O) groups excluding carboxylic acids is 1. The highest BCUT2D eigenvalue weighted by molar-refractivity contribution is 5.79. The fraction of sp³-hybridized carbons (Fsp3) is 0.750. The van der Waals surface area contributed by atoms with Crippen LogP contribution in [0.4, 0.5) is 0 Å². The van der Waals surface area contributed by atoms with Crippen LogP contribution in [0.3, 0.4) is 0 Å². The van der Waals surface area contributed by atoms with Crippen LogP contribution >= 0.6 is 0 Å². The quantitative estimate of drug-likeness (QED) is 0.555. The van der Waals surface area contributed by atoms with Crippen LogP contribution in [0.2, 0.25) is 0 Å². The number of rotatable bonds is 6. The van der Waals surface area contributed by atoms with Gasteiger partial charge in [0, 0.05) is 6.42 Å². The highest BCUT2D eigenvalue weighted by atomic mass is 16.1. The van der Waals surface area contributed by atoms with Crippen molar-refractivity contribution in [3.63, 3.8) is 0 Å². The fourth-order valence-electron chi connectivity index (χ4n) is 0.748. The highest BCUT2D eigenvalue weighted by Crippen LogP contribution is 1.92. The number of nitrogens with two attached hydrogens (primary N) is 1. The maximum atomic E-state index is 10.5. The number of carbonyl (C=O) groups is 1. The van der Waals surface area contributed by atoms with Gasteiger partial charge in [0.25, 0.3) is 0 Å². The normalized spacial score (nSPS) is 12.0. The summed E-state index contributed by atoms with van der Waals surface area (Å²) in [4.78, 5) is 10.5. The van der Waals surface area contributed by atoms with Crippen LogP contribution in [0, 0.1) is 11.3 Å². The Labute approximate surface area is 72.7 Å². The van der Waals surface area contributed by atoms with E-state index >= 15 is 0 Å². The topological polar surface area (TPSA) is 78.9 Å². The minimum atomic E-state index is -0.338. The zero-order valence-electron chi connectivity index (χ0n) is 7.34. The molecule has 0 radical (unpaired) electrons. The molecule has 0 aliphatic heterocycles. The van der Waals surface area contributed by atoms with Crippen LogP contribution in [0.5, 0.6) is 0 Å². The van der Waals surface area contributed by atoms with Gasteiger partial charge in [-0.1, -0.05) is 0 Å². The fourth-order valence-corrected chi connectivity index (χ4v) is 0.748. The van der Waals surface area contributed by atoms with Crippen molar-refractivity contribution in [1.82, 2.24) is 5.32 Å². The molecule has 0 rings (SSSR count). The van der Waals surface area contributed by atoms with E-state index in [1.54, 1.807) is 6.92 Å². The van der Waals surface area contributed by atoms with E-state index < -0.39 is 0 Å². The standard InChI is InChI=1S/C8H15N3O/c1-7(8(10)12)11-6-4-2-3-5-9/h7,11H,2-4,6H2,1H3,(H2,10,12). The van der Waals surface area contributed by atoms with E-state index in [-0.39, 0.29) is 11.9 Å². The molecule has 3 N–H and O–H groups in total. The van der Waals surface area contributed by atoms with Gasteiger partial charge in [-0.2, -0.15) is 5.26 Å². The van der Waals surface area contributed by atoms with Crippen LogP contribution in [0.1, 0.15) is 26.2 Å². The van der Waals surface area contributed by atoms with E-state index in [1.807, 2.05) is 0 Å². The second kappa shape index (κ2) is 6.62. The summed E-state index contributed by atoms with van der Waals surface area (Å²) in [7, 11) is 0. The van der Waals surface area contributed by atoms with Crippen molar-refractivity contribution in [2.45, 2.75) is 32.2 Å². The Morgan fingerprint density at radius 3 is 2.83 bits per heavy atom. The van der Waals surface area contributed by atoms with Crippen LogP contribution < -0.4 is 11.1 Å². The number of amides is 1. The molecule has 1 atom stereocenters. The lowest BCUT2D eigenvalue weighted by Crippen LogP contribution is -2.39. The molecular formula is C8H15N3O. The molecular weight excluding hydrogens is 154 g/mol. The number of hydrogen-bond acceptors (Lipinski definition) is 3. The molecule has 0 aromatic carbocycles. The summed E-state index contributed by atoms with van der Waals surface area (Å²) >= 11 is 0. The molecule has 0 aliphatic carbocycles. The summed E-state index contributed by atoms with van der Waals surface area (Å²) < 4.78 is 0. The number of nitrogens with zero attached hydrogens (tertiary/aromatic N) is 1. The first-order chi connectivity index (χ1) is 5.68. The Balaban J connectivity index is 3.21. The molecule has 0 fully saturated rings. The third-order valence-electron chi connectivity index (χ3n) is 1.59. The summed E-state index contributed by atoms with van der Waals surface area (Å²) in [5, 5.41) is 11.2. The smallest absolute Gasteiger partial charge is 0.234 e. The summed E-state index contributed by atoms with van der Waals surface area (Å²) in [6.45, 7) is 2.47. The number of unbranched alkanes of at least 4 members (excludes halogenated alkanes) is 2. The molecule has 0 aromatic rings. The molecule has 1 amide bonds. The minimum Gasteiger partial charge on any atom is -0.368 e. The molecule has 0 spiro atoms. The third kappa shape index (κ3) is 5.69. The Morgan fingerprint density at radius 2 is 2.33 bits per heavy atom. The van der Waals surface area contributed by atoms with Gasteiger partial charge in [-0.25, -0.2) is 0 Å². The lowest BCUT2D eigenvalue weighted by atomic mass is 10.2. The average molecular weight is 169 g/mol. The average Bonchev–Trinajstić information content (AvgIpc) is 2.03. The van der Waals surface area contributed by atoms with Crippen LogP contribution in [0.25, 0.3) is 0 Å². The first-order valence-corrected chi connectivity index (χ1v) is 4.08. The molecule has 0 saturated heterocycles. The van der Waals surface area contributed by atoms with Crippen molar-refractivity contribution in [3.05, 3.63) is 0 Å². The second-order valence-corrected chi connectivity index (χ2v) is 2.69. The molecule has 0 heterocycles. The summed E-state index contributed by atoms with van der Waals surface area (Å²) in [6.07, 6.45) is 2.35. The minimum absolute atomic E-state index is 0.271. The van der Waals surface area contributed by atoms with Gasteiger partial charge in [0.1, 0.15) is 0 Å². The third-order valence-corrected chi connectivity index (χ3v) is 1.59. The van der Waals surface area contributed by atoms with Gasteiger partial charge in [0.05, 0.1) is 12.1 Å². The van der Waals surface area contributed by atoms with Gasteiger partial charge in [-0.05, 0) is 26.3 Å². The molecule has 68 valence electrons. The maximum Gasteiger partial charge on any atom is 0.234 e. The van der Waals surface area contributed by atoms with Gasteiger partial charge < -0.3 is 11.1 Å². The molecule has 4 nitrogen and oxygen atoms in total. The Hall–Kier alpha value is -1.08. The molecule has 0 saturated carbocycles.